The third-order valence-corrected chi connectivity index (χ3v) is 4.32. The van der Waals surface area contributed by atoms with Crippen LogP contribution in [0.4, 0.5) is 5.69 Å². The number of imide groups is 1. The zero-order valence-electron chi connectivity index (χ0n) is 11.7. The van der Waals surface area contributed by atoms with Crippen LogP contribution in [0.5, 0.6) is 0 Å². The smallest absolute Gasteiger partial charge is 0.234 e. The summed E-state index contributed by atoms with van der Waals surface area (Å²) in [4.78, 5) is 36.0. The Morgan fingerprint density at radius 2 is 1.90 bits per heavy atom. The van der Waals surface area contributed by atoms with Gasteiger partial charge in [-0.1, -0.05) is 12.1 Å². The van der Waals surface area contributed by atoms with E-state index >= 15 is 0 Å². The number of carbonyl (C=O) groups is 3. The van der Waals surface area contributed by atoms with Crippen LogP contribution in [-0.4, -0.2) is 31.2 Å². The molecule has 2 saturated heterocycles. The number of hydrogen-bond donors (Lipinski definition) is 1. The minimum absolute atomic E-state index is 0.125. The van der Waals surface area contributed by atoms with Crippen LogP contribution in [-0.2, 0) is 14.4 Å². The van der Waals surface area contributed by atoms with Gasteiger partial charge < -0.3 is 9.69 Å². The summed E-state index contributed by atoms with van der Waals surface area (Å²) >= 11 is 0. The summed E-state index contributed by atoms with van der Waals surface area (Å²) in [7, 11) is 0. The van der Waals surface area contributed by atoms with Crippen LogP contribution in [0.25, 0.3) is 0 Å². The summed E-state index contributed by atoms with van der Waals surface area (Å²) < 4.78 is 0. The summed E-state index contributed by atoms with van der Waals surface area (Å²) in [6.45, 7) is 1.66. The summed E-state index contributed by atoms with van der Waals surface area (Å²) in [5.41, 5.74) is 2.02. The molecule has 0 aromatic heterocycles. The van der Waals surface area contributed by atoms with E-state index in [9.17, 15) is 14.4 Å². The Morgan fingerprint density at radius 3 is 2.52 bits per heavy atom. The van der Waals surface area contributed by atoms with Crippen molar-refractivity contribution in [2.45, 2.75) is 25.2 Å². The zero-order chi connectivity index (χ0) is 14.8. The van der Waals surface area contributed by atoms with Gasteiger partial charge in [-0.15, -0.1) is 0 Å². The summed E-state index contributed by atoms with van der Waals surface area (Å²) in [5.74, 6) is -0.510. The van der Waals surface area contributed by atoms with Crippen molar-refractivity contribution in [1.82, 2.24) is 5.32 Å². The predicted octanol–water partition coefficient (Wildman–Crippen LogP) is 1.23. The monoisotopic (exact) mass is 286 g/mol. The molecule has 1 N–H and O–H groups in total. The number of nitrogens with zero attached hydrogens (tertiary/aromatic N) is 1. The van der Waals surface area contributed by atoms with Gasteiger partial charge in [0.05, 0.1) is 5.92 Å². The van der Waals surface area contributed by atoms with Crippen LogP contribution < -0.4 is 10.2 Å². The number of hydrogen-bond acceptors (Lipinski definition) is 4. The molecular formula is C16H18N2O3. The number of piperidine rings is 1. The van der Waals surface area contributed by atoms with Crippen LogP contribution in [0.3, 0.4) is 0 Å². The molecule has 0 radical (unpaired) electrons. The maximum Gasteiger partial charge on any atom is 0.234 e. The molecule has 0 spiro atoms. The predicted molar refractivity (Wildman–Crippen MR) is 78.0 cm³/mol. The number of amides is 2. The first-order chi connectivity index (χ1) is 10.2. The molecule has 0 aliphatic carbocycles. The van der Waals surface area contributed by atoms with Crippen molar-refractivity contribution in [3.63, 3.8) is 0 Å². The number of aldehydes is 1. The highest BCUT2D eigenvalue weighted by Crippen LogP contribution is 2.28. The van der Waals surface area contributed by atoms with E-state index in [1.807, 2.05) is 24.3 Å². The second-order valence-electron chi connectivity index (χ2n) is 5.73. The molecule has 21 heavy (non-hydrogen) atoms. The average Bonchev–Trinajstić information content (AvgIpc) is 2.96. The first-order valence-electron chi connectivity index (χ1n) is 7.31. The zero-order valence-corrected chi connectivity index (χ0v) is 11.7. The standard InChI is InChI=1S/C16H18N2O3/c19-10-11-7-8-18(9-11)13-3-1-12(2-4-13)14-5-6-15(20)17-16(14)21/h1-4,10-11,14H,5-9H2,(H,17,20,21)/t11-,14?/m1/s1. The molecule has 1 aromatic rings. The number of rotatable bonds is 3. The number of nitrogens with one attached hydrogen (secondary N) is 1. The quantitative estimate of drug-likeness (QED) is 0.670. The van der Waals surface area contributed by atoms with Gasteiger partial charge >= 0.3 is 0 Å². The van der Waals surface area contributed by atoms with Gasteiger partial charge in [0.1, 0.15) is 6.29 Å². The lowest BCUT2D eigenvalue weighted by Gasteiger charge is -2.22. The molecule has 0 bridgehead atoms. The molecule has 2 atom stereocenters. The van der Waals surface area contributed by atoms with E-state index in [2.05, 4.69) is 10.2 Å². The van der Waals surface area contributed by atoms with Crippen molar-refractivity contribution >= 4 is 23.8 Å². The Hall–Kier alpha value is -2.17. The maximum atomic E-state index is 11.8. The molecule has 1 unspecified atom stereocenters. The molecule has 2 amide bonds. The van der Waals surface area contributed by atoms with Crippen LogP contribution in [0.2, 0.25) is 0 Å². The second-order valence-corrected chi connectivity index (χ2v) is 5.73. The largest absolute Gasteiger partial charge is 0.371 e. The molecule has 2 aliphatic rings. The van der Waals surface area contributed by atoms with Gasteiger partial charge in [-0.05, 0) is 30.5 Å². The maximum absolute atomic E-state index is 11.8. The van der Waals surface area contributed by atoms with E-state index in [4.69, 9.17) is 0 Å². The van der Waals surface area contributed by atoms with Crippen molar-refractivity contribution in [3.8, 4) is 0 Å². The molecule has 110 valence electrons. The molecule has 1 aromatic carbocycles. The fraction of sp³-hybridized carbons (Fsp3) is 0.438. The minimum atomic E-state index is -0.238. The fourth-order valence-electron chi connectivity index (χ4n) is 3.06. The van der Waals surface area contributed by atoms with Gasteiger partial charge in [-0.25, -0.2) is 0 Å². The average molecular weight is 286 g/mol. The van der Waals surface area contributed by atoms with E-state index in [1.54, 1.807) is 0 Å². The highest BCUT2D eigenvalue weighted by Gasteiger charge is 2.28. The lowest BCUT2D eigenvalue weighted by atomic mass is 9.90. The topological polar surface area (TPSA) is 66.5 Å². The Bertz CT molecular complexity index is 567. The van der Waals surface area contributed by atoms with E-state index < -0.39 is 0 Å². The van der Waals surface area contributed by atoms with Crippen LogP contribution in [0, 0.1) is 5.92 Å². The lowest BCUT2D eigenvalue weighted by molar-refractivity contribution is -0.134. The van der Waals surface area contributed by atoms with Gasteiger partial charge in [-0.3, -0.25) is 14.9 Å². The van der Waals surface area contributed by atoms with E-state index in [1.165, 1.54) is 0 Å². The van der Waals surface area contributed by atoms with Gasteiger partial charge in [0, 0.05) is 31.1 Å². The van der Waals surface area contributed by atoms with Gasteiger partial charge in [0.15, 0.2) is 0 Å². The van der Waals surface area contributed by atoms with Crippen molar-refractivity contribution in [3.05, 3.63) is 29.8 Å². The van der Waals surface area contributed by atoms with Gasteiger partial charge in [0.2, 0.25) is 11.8 Å². The van der Waals surface area contributed by atoms with E-state index in [0.717, 1.165) is 37.0 Å². The normalized spacial score (nSPS) is 25.8. The Kier molecular flexibility index (Phi) is 3.73. The SMILES string of the molecule is O=C[C@@H]1CCN(c2ccc(C3CCC(=O)NC3=O)cc2)C1. The van der Waals surface area contributed by atoms with Crippen molar-refractivity contribution in [1.29, 1.82) is 0 Å². The minimum Gasteiger partial charge on any atom is -0.371 e. The molecule has 2 fully saturated rings. The Morgan fingerprint density at radius 1 is 1.14 bits per heavy atom. The first-order valence-corrected chi connectivity index (χ1v) is 7.31. The molecule has 3 rings (SSSR count). The number of anilines is 1. The third kappa shape index (κ3) is 2.82. The molecule has 2 heterocycles. The van der Waals surface area contributed by atoms with Crippen LogP contribution >= 0.6 is 0 Å². The van der Waals surface area contributed by atoms with Crippen LogP contribution in [0.15, 0.2) is 24.3 Å². The second kappa shape index (κ2) is 5.68. The molecule has 2 aliphatic heterocycles. The number of benzene rings is 1. The van der Waals surface area contributed by atoms with E-state index in [-0.39, 0.29) is 23.7 Å². The van der Waals surface area contributed by atoms with Crippen molar-refractivity contribution in [2.24, 2.45) is 5.92 Å². The Labute approximate surface area is 123 Å². The molecule has 0 saturated carbocycles. The summed E-state index contributed by atoms with van der Waals surface area (Å²) in [6.07, 6.45) is 2.89. The van der Waals surface area contributed by atoms with Crippen molar-refractivity contribution < 1.29 is 14.4 Å². The molecule has 5 heteroatoms. The summed E-state index contributed by atoms with van der Waals surface area (Å²) in [6, 6.07) is 7.88. The lowest BCUT2D eigenvalue weighted by Crippen LogP contribution is -2.39. The Balaban J connectivity index is 1.71. The first kappa shape index (κ1) is 13.8. The summed E-state index contributed by atoms with van der Waals surface area (Å²) in [5, 5.41) is 2.38. The van der Waals surface area contributed by atoms with Gasteiger partial charge in [0.25, 0.3) is 0 Å². The molecule has 5 nitrogen and oxygen atoms in total. The molecular weight excluding hydrogens is 268 g/mol. The number of carbonyl (C=O) groups excluding carboxylic acids is 3. The van der Waals surface area contributed by atoms with Crippen LogP contribution in [0.1, 0.15) is 30.7 Å². The highest BCUT2D eigenvalue weighted by molar-refractivity contribution is 6.00. The third-order valence-electron chi connectivity index (χ3n) is 4.32. The van der Waals surface area contributed by atoms with Crippen molar-refractivity contribution in [2.75, 3.05) is 18.0 Å². The van der Waals surface area contributed by atoms with Gasteiger partial charge in [-0.2, -0.15) is 0 Å². The highest BCUT2D eigenvalue weighted by atomic mass is 16.2. The van der Waals surface area contributed by atoms with E-state index in [0.29, 0.717) is 12.8 Å². The fourth-order valence-corrected chi connectivity index (χ4v) is 3.06.